The van der Waals surface area contributed by atoms with Crippen LogP contribution < -0.4 is 25.3 Å². The maximum Gasteiger partial charge on any atom is 0.329 e. The van der Waals surface area contributed by atoms with Crippen LogP contribution in [0, 0.1) is 0 Å². The van der Waals surface area contributed by atoms with E-state index in [2.05, 4.69) is 49.5 Å². The summed E-state index contributed by atoms with van der Waals surface area (Å²) in [5.74, 6) is 2.10. The van der Waals surface area contributed by atoms with E-state index >= 15 is 0 Å². The van der Waals surface area contributed by atoms with Crippen molar-refractivity contribution in [2.45, 2.75) is 25.4 Å². The molecule has 2 N–H and O–H groups in total. The Morgan fingerprint density at radius 3 is 2.96 bits per heavy atom. The summed E-state index contributed by atoms with van der Waals surface area (Å²) in [4.78, 5) is 32.7. The number of nitrogens with zero attached hydrogens (tertiary/aromatic N) is 6. The molecule has 9 heteroatoms. The SMILES string of the molecule is CC1CN(c2ccc3c(n2)N(C(=O)Nc2cnccn2)[C@H]2CCN3C2)CCN1. The summed E-state index contributed by atoms with van der Waals surface area (Å²) in [6, 6.07) is 4.52. The summed E-state index contributed by atoms with van der Waals surface area (Å²) in [5, 5.41) is 6.33. The van der Waals surface area contributed by atoms with Crippen LogP contribution in [0.1, 0.15) is 13.3 Å². The number of pyridine rings is 1. The summed E-state index contributed by atoms with van der Waals surface area (Å²) in [5.41, 5.74) is 1.02. The smallest absolute Gasteiger partial charge is 0.329 e. The zero-order valence-corrected chi connectivity index (χ0v) is 15.9. The Morgan fingerprint density at radius 1 is 1.21 bits per heavy atom. The van der Waals surface area contributed by atoms with Gasteiger partial charge in [0.1, 0.15) is 5.82 Å². The molecular weight excluding hydrogens is 356 g/mol. The number of piperazine rings is 1. The molecule has 2 aromatic rings. The van der Waals surface area contributed by atoms with Crippen LogP contribution in [0.15, 0.2) is 30.7 Å². The molecule has 2 bridgehead atoms. The molecule has 1 unspecified atom stereocenters. The molecule has 5 rings (SSSR count). The predicted molar refractivity (Wildman–Crippen MR) is 108 cm³/mol. The Kier molecular flexibility index (Phi) is 4.23. The van der Waals surface area contributed by atoms with Gasteiger partial charge in [-0.15, -0.1) is 0 Å². The number of nitrogens with one attached hydrogen (secondary N) is 2. The maximum atomic E-state index is 13.1. The van der Waals surface area contributed by atoms with E-state index in [4.69, 9.17) is 4.98 Å². The van der Waals surface area contributed by atoms with E-state index in [0.717, 1.165) is 56.5 Å². The topological polar surface area (TPSA) is 89.5 Å². The van der Waals surface area contributed by atoms with E-state index in [1.165, 1.54) is 0 Å². The lowest BCUT2D eigenvalue weighted by molar-refractivity contribution is 0.254. The number of rotatable bonds is 2. The highest BCUT2D eigenvalue weighted by Gasteiger charge is 2.40. The predicted octanol–water partition coefficient (Wildman–Crippen LogP) is 1.30. The van der Waals surface area contributed by atoms with Gasteiger partial charge in [0.25, 0.3) is 0 Å². The Bertz CT molecular complexity index is 875. The molecule has 146 valence electrons. The highest BCUT2D eigenvalue weighted by Crippen LogP contribution is 2.40. The average molecular weight is 380 g/mol. The van der Waals surface area contributed by atoms with Crippen molar-refractivity contribution in [1.82, 2.24) is 20.3 Å². The molecule has 0 radical (unpaired) electrons. The summed E-state index contributed by atoms with van der Waals surface area (Å²) < 4.78 is 0. The number of carbonyl (C=O) groups is 1. The zero-order chi connectivity index (χ0) is 19.1. The second kappa shape index (κ2) is 6.90. The Morgan fingerprint density at radius 2 is 2.14 bits per heavy atom. The second-order valence-corrected chi connectivity index (χ2v) is 7.59. The molecule has 0 aromatic carbocycles. The Hall–Kier alpha value is -2.94. The van der Waals surface area contributed by atoms with E-state index in [9.17, 15) is 4.79 Å². The van der Waals surface area contributed by atoms with E-state index < -0.39 is 0 Å². The number of anilines is 4. The van der Waals surface area contributed by atoms with Gasteiger partial charge >= 0.3 is 6.03 Å². The third kappa shape index (κ3) is 3.01. The number of carbonyl (C=O) groups excluding carboxylic acids is 1. The van der Waals surface area contributed by atoms with Gasteiger partial charge < -0.3 is 15.1 Å². The van der Waals surface area contributed by atoms with Crippen molar-refractivity contribution >= 4 is 29.2 Å². The van der Waals surface area contributed by atoms with E-state index in [1.54, 1.807) is 18.6 Å². The minimum Gasteiger partial charge on any atom is -0.366 e. The van der Waals surface area contributed by atoms with Crippen molar-refractivity contribution in [3.8, 4) is 0 Å². The molecule has 2 saturated heterocycles. The van der Waals surface area contributed by atoms with Crippen molar-refractivity contribution in [1.29, 1.82) is 0 Å². The van der Waals surface area contributed by atoms with Gasteiger partial charge in [-0.1, -0.05) is 0 Å². The number of hydrogen-bond acceptors (Lipinski definition) is 7. The minimum absolute atomic E-state index is 0.119. The molecule has 3 aliphatic heterocycles. The number of amides is 2. The van der Waals surface area contributed by atoms with Crippen LogP contribution in [-0.4, -0.2) is 65.8 Å². The van der Waals surface area contributed by atoms with Gasteiger partial charge in [0.05, 0.1) is 17.9 Å². The Labute approximate surface area is 163 Å². The molecule has 0 aliphatic carbocycles. The first-order chi connectivity index (χ1) is 13.7. The first-order valence-electron chi connectivity index (χ1n) is 9.79. The van der Waals surface area contributed by atoms with Crippen LogP contribution in [-0.2, 0) is 0 Å². The number of hydrogen-bond donors (Lipinski definition) is 2. The minimum atomic E-state index is -0.202. The lowest BCUT2D eigenvalue weighted by Crippen LogP contribution is -2.50. The monoisotopic (exact) mass is 380 g/mol. The standard InChI is InChI=1S/C19H24N8O/c1-13-11-26(9-7-21-13)17-3-2-15-18(24-17)27(14-4-8-25(15)12-14)19(28)23-16-10-20-5-6-22-16/h2-3,5-6,10,13-14,21H,4,7-9,11-12H2,1H3,(H,22,23,28)/t13?,14-/m0/s1. The van der Waals surface area contributed by atoms with Gasteiger partial charge in [-0.3, -0.25) is 15.2 Å². The first-order valence-corrected chi connectivity index (χ1v) is 9.79. The molecule has 3 aliphatic rings. The highest BCUT2D eigenvalue weighted by atomic mass is 16.2. The fourth-order valence-corrected chi connectivity index (χ4v) is 4.31. The largest absolute Gasteiger partial charge is 0.366 e. The van der Waals surface area contributed by atoms with E-state index in [0.29, 0.717) is 11.9 Å². The zero-order valence-electron chi connectivity index (χ0n) is 15.9. The van der Waals surface area contributed by atoms with Crippen molar-refractivity contribution in [2.75, 3.05) is 52.7 Å². The normalized spacial score (nSPS) is 23.5. The first kappa shape index (κ1) is 17.2. The molecule has 5 heterocycles. The van der Waals surface area contributed by atoms with Crippen LogP contribution >= 0.6 is 0 Å². The van der Waals surface area contributed by atoms with Crippen molar-refractivity contribution < 1.29 is 4.79 Å². The summed E-state index contributed by atoms with van der Waals surface area (Å²) in [6.45, 7) is 6.72. The molecular formula is C19H24N8O. The van der Waals surface area contributed by atoms with Crippen LogP contribution in [0.3, 0.4) is 0 Å². The molecule has 2 atom stereocenters. The summed E-state index contributed by atoms with van der Waals surface area (Å²) in [6.07, 6.45) is 5.64. The van der Waals surface area contributed by atoms with Crippen LogP contribution in [0.5, 0.6) is 0 Å². The quantitative estimate of drug-likeness (QED) is 0.812. The third-order valence-electron chi connectivity index (χ3n) is 5.65. The molecule has 2 fully saturated rings. The number of fused-ring (bicyclic) bond motifs is 4. The highest BCUT2D eigenvalue weighted by molar-refractivity contribution is 6.04. The van der Waals surface area contributed by atoms with Crippen LogP contribution in [0.25, 0.3) is 0 Å². The fourth-order valence-electron chi connectivity index (χ4n) is 4.31. The van der Waals surface area contributed by atoms with Gasteiger partial charge in [-0.05, 0) is 25.5 Å². The van der Waals surface area contributed by atoms with Gasteiger partial charge in [-0.25, -0.2) is 14.8 Å². The molecule has 2 amide bonds. The van der Waals surface area contributed by atoms with Gasteiger partial charge in [-0.2, -0.15) is 0 Å². The van der Waals surface area contributed by atoms with Gasteiger partial charge in [0, 0.05) is 51.2 Å². The molecule has 2 aromatic heterocycles. The Balaban J connectivity index is 1.47. The number of urea groups is 1. The second-order valence-electron chi connectivity index (χ2n) is 7.59. The van der Waals surface area contributed by atoms with E-state index in [1.807, 2.05) is 4.90 Å². The van der Waals surface area contributed by atoms with Crippen molar-refractivity contribution in [2.24, 2.45) is 0 Å². The van der Waals surface area contributed by atoms with Crippen molar-refractivity contribution in [3.63, 3.8) is 0 Å². The molecule has 28 heavy (non-hydrogen) atoms. The van der Waals surface area contributed by atoms with Crippen LogP contribution in [0.4, 0.5) is 27.9 Å². The average Bonchev–Trinajstić information content (AvgIpc) is 3.13. The van der Waals surface area contributed by atoms with Gasteiger partial charge in [0.15, 0.2) is 11.6 Å². The summed E-state index contributed by atoms with van der Waals surface area (Å²) >= 11 is 0. The molecule has 9 nitrogen and oxygen atoms in total. The number of aromatic nitrogens is 3. The summed E-state index contributed by atoms with van der Waals surface area (Å²) in [7, 11) is 0. The molecule has 0 spiro atoms. The molecule has 0 saturated carbocycles. The lowest BCUT2D eigenvalue weighted by Gasteiger charge is -2.37. The fraction of sp³-hybridized carbons (Fsp3) is 0.474. The lowest BCUT2D eigenvalue weighted by atomic mass is 10.2. The third-order valence-corrected chi connectivity index (χ3v) is 5.65. The maximum absolute atomic E-state index is 13.1. The van der Waals surface area contributed by atoms with Crippen LogP contribution in [0.2, 0.25) is 0 Å². The van der Waals surface area contributed by atoms with Crippen molar-refractivity contribution in [3.05, 3.63) is 30.7 Å². The van der Waals surface area contributed by atoms with E-state index in [-0.39, 0.29) is 12.1 Å². The van der Waals surface area contributed by atoms with Gasteiger partial charge in [0.2, 0.25) is 0 Å².